The SMILES string of the molecule is Cc1nn(-c2ccccc2)c2nccc(N/N=C/C=C/c3ccco3)c12. The Morgan fingerprint density at radius 1 is 1.12 bits per heavy atom. The highest BCUT2D eigenvalue weighted by Gasteiger charge is 2.13. The lowest BCUT2D eigenvalue weighted by Gasteiger charge is -2.04. The van der Waals surface area contributed by atoms with Crippen molar-refractivity contribution in [2.45, 2.75) is 6.92 Å². The minimum Gasteiger partial charge on any atom is -0.465 e. The summed E-state index contributed by atoms with van der Waals surface area (Å²) in [4.78, 5) is 4.50. The van der Waals surface area contributed by atoms with Crippen LogP contribution in [0.25, 0.3) is 22.8 Å². The maximum absolute atomic E-state index is 5.23. The van der Waals surface area contributed by atoms with Crippen LogP contribution in [0.15, 0.2) is 76.6 Å². The van der Waals surface area contributed by atoms with Crippen molar-refractivity contribution >= 4 is 29.0 Å². The molecule has 1 aromatic carbocycles. The lowest BCUT2D eigenvalue weighted by atomic mass is 10.2. The van der Waals surface area contributed by atoms with Crippen molar-refractivity contribution in [2.75, 3.05) is 5.43 Å². The van der Waals surface area contributed by atoms with Crippen LogP contribution in [0.5, 0.6) is 0 Å². The van der Waals surface area contributed by atoms with E-state index < -0.39 is 0 Å². The molecule has 0 saturated carbocycles. The molecule has 3 aromatic heterocycles. The predicted octanol–water partition coefficient (Wildman–Crippen LogP) is 4.43. The largest absolute Gasteiger partial charge is 0.465 e. The van der Waals surface area contributed by atoms with E-state index in [-0.39, 0.29) is 0 Å². The number of hydrazone groups is 1. The first-order chi connectivity index (χ1) is 12.8. The van der Waals surface area contributed by atoms with Crippen molar-refractivity contribution in [3.05, 3.63) is 78.5 Å². The Labute approximate surface area is 150 Å². The summed E-state index contributed by atoms with van der Waals surface area (Å²) in [6.07, 6.45) is 8.71. The van der Waals surface area contributed by atoms with Crippen LogP contribution < -0.4 is 5.43 Å². The monoisotopic (exact) mass is 343 g/mol. The van der Waals surface area contributed by atoms with E-state index in [0.29, 0.717) is 0 Å². The predicted molar refractivity (Wildman–Crippen MR) is 103 cm³/mol. The number of nitrogens with zero attached hydrogens (tertiary/aromatic N) is 4. The molecular weight excluding hydrogens is 326 g/mol. The summed E-state index contributed by atoms with van der Waals surface area (Å²) in [7, 11) is 0. The summed E-state index contributed by atoms with van der Waals surface area (Å²) in [6, 6.07) is 15.6. The van der Waals surface area contributed by atoms with Gasteiger partial charge in [0, 0.05) is 12.4 Å². The average Bonchev–Trinajstić information content (AvgIpc) is 3.31. The number of anilines is 1. The highest BCUT2D eigenvalue weighted by atomic mass is 16.3. The van der Waals surface area contributed by atoms with Gasteiger partial charge in [-0.15, -0.1) is 0 Å². The fraction of sp³-hybridized carbons (Fsp3) is 0.0500. The zero-order valence-electron chi connectivity index (χ0n) is 14.2. The number of aromatic nitrogens is 3. The summed E-state index contributed by atoms with van der Waals surface area (Å²) < 4.78 is 7.07. The van der Waals surface area contributed by atoms with Crippen molar-refractivity contribution in [1.82, 2.24) is 14.8 Å². The van der Waals surface area contributed by atoms with Crippen molar-refractivity contribution in [1.29, 1.82) is 0 Å². The third-order valence-corrected chi connectivity index (χ3v) is 3.89. The van der Waals surface area contributed by atoms with Gasteiger partial charge in [0.25, 0.3) is 0 Å². The summed E-state index contributed by atoms with van der Waals surface area (Å²) in [5, 5.41) is 9.83. The van der Waals surface area contributed by atoms with E-state index in [0.717, 1.165) is 33.9 Å². The van der Waals surface area contributed by atoms with Crippen molar-refractivity contribution in [2.24, 2.45) is 5.10 Å². The molecule has 0 saturated heterocycles. The third kappa shape index (κ3) is 3.12. The number of hydrogen-bond donors (Lipinski definition) is 1. The molecule has 0 aliphatic carbocycles. The molecule has 3 heterocycles. The first-order valence-corrected chi connectivity index (χ1v) is 8.22. The Morgan fingerprint density at radius 3 is 2.81 bits per heavy atom. The lowest BCUT2D eigenvalue weighted by molar-refractivity contribution is 0.557. The molecule has 128 valence electrons. The summed E-state index contributed by atoms with van der Waals surface area (Å²) in [5.41, 5.74) is 6.58. The number of furan rings is 1. The van der Waals surface area contributed by atoms with E-state index in [2.05, 4.69) is 20.6 Å². The molecule has 0 fully saturated rings. The zero-order chi connectivity index (χ0) is 17.8. The zero-order valence-corrected chi connectivity index (χ0v) is 14.2. The van der Waals surface area contributed by atoms with Gasteiger partial charge in [0.05, 0.1) is 28.7 Å². The molecule has 4 rings (SSSR count). The van der Waals surface area contributed by atoms with Crippen molar-refractivity contribution in [3.8, 4) is 5.69 Å². The molecule has 0 aliphatic heterocycles. The number of nitrogens with one attached hydrogen (secondary N) is 1. The molecule has 4 aromatic rings. The molecule has 0 aliphatic rings. The number of pyridine rings is 1. The van der Waals surface area contributed by atoms with Crippen LogP contribution in [0.4, 0.5) is 5.69 Å². The van der Waals surface area contributed by atoms with Gasteiger partial charge in [0.2, 0.25) is 0 Å². The van der Waals surface area contributed by atoms with Crippen LogP contribution >= 0.6 is 0 Å². The van der Waals surface area contributed by atoms with Crippen molar-refractivity contribution < 1.29 is 4.42 Å². The lowest BCUT2D eigenvalue weighted by Crippen LogP contribution is -1.97. The van der Waals surface area contributed by atoms with Gasteiger partial charge in [-0.25, -0.2) is 9.67 Å². The molecule has 0 radical (unpaired) electrons. The molecule has 26 heavy (non-hydrogen) atoms. The molecule has 0 amide bonds. The van der Waals surface area contributed by atoms with Crippen LogP contribution in [-0.2, 0) is 0 Å². The van der Waals surface area contributed by atoms with E-state index in [9.17, 15) is 0 Å². The highest BCUT2D eigenvalue weighted by molar-refractivity contribution is 5.92. The van der Waals surface area contributed by atoms with Crippen LogP contribution in [-0.4, -0.2) is 21.0 Å². The van der Waals surface area contributed by atoms with Gasteiger partial charge in [0.1, 0.15) is 5.76 Å². The fourth-order valence-corrected chi connectivity index (χ4v) is 2.73. The van der Waals surface area contributed by atoms with Gasteiger partial charge in [0.15, 0.2) is 5.65 Å². The van der Waals surface area contributed by atoms with Gasteiger partial charge in [-0.2, -0.15) is 10.2 Å². The second-order valence-corrected chi connectivity index (χ2v) is 5.65. The fourth-order valence-electron chi connectivity index (χ4n) is 2.73. The number of aryl methyl sites for hydroxylation is 1. The molecule has 0 unspecified atom stereocenters. The maximum atomic E-state index is 5.23. The quantitative estimate of drug-likeness (QED) is 0.430. The smallest absolute Gasteiger partial charge is 0.165 e. The number of fused-ring (bicyclic) bond motifs is 1. The van der Waals surface area contributed by atoms with Gasteiger partial charge in [-0.3, -0.25) is 5.43 Å². The van der Waals surface area contributed by atoms with Crippen LogP contribution in [0, 0.1) is 6.92 Å². The van der Waals surface area contributed by atoms with E-state index in [1.807, 2.05) is 72.3 Å². The molecule has 0 bridgehead atoms. The molecule has 6 heteroatoms. The number of allylic oxidation sites excluding steroid dienone is 1. The minimum atomic E-state index is 0.780. The molecule has 1 N–H and O–H groups in total. The number of rotatable bonds is 5. The first-order valence-electron chi connectivity index (χ1n) is 8.22. The third-order valence-electron chi connectivity index (χ3n) is 3.89. The first kappa shape index (κ1) is 15.8. The van der Waals surface area contributed by atoms with E-state index in [4.69, 9.17) is 4.42 Å². The summed E-state index contributed by atoms with van der Waals surface area (Å²) >= 11 is 0. The standard InChI is InChI=1S/C20H17N5O/c1-15-19-18(23-22-12-5-9-17-10-6-14-26-17)11-13-21-20(19)25(24-15)16-7-3-2-4-8-16/h2-14H,1H3,(H,21,23)/b9-5+,22-12+. The number of para-hydroxylation sites is 1. The van der Waals surface area contributed by atoms with E-state index in [1.165, 1.54) is 0 Å². The van der Waals surface area contributed by atoms with Gasteiger partial charge in [-0.05, 0) is 49.4 Å². The highest BCUT2D eigenvalue weighted by Crippen LogP contribution is 2.26. The Morgan fingerprint density at radius 2 is 2.00 bits per heavy atom. The second kappa shape index (κ2) is 7.06. The molecule has 6 nitrogen and oxygen atoms in total. The Bertz CT molecular complexity index is 1060. The number of benzene rings is 1. The normalized spacial score (nSPS) is 11.7. The molecule has 0 atom stereocenters. The Hall–Kier alpha value is -3.67. The van der Waals surface area contributed by atoms with Gasteiger partial charge >= 0.3 is 0 Å². The van der Waals surface area contributed by atoms with Crippen LogP contribution in [0.3, 0.4) is 0 Å². The van der Waals surface area contributed by atoms with Gasteiger partial charge < -0.3 is 4.42 Å². The minimum absolute atomic E-state index is 0.780. The maximum Gasteiger partial charge on any atom is 0.165 e. The van der Waals surface area contributed by atoms with E-state index in [1.54, 1.807) is 18.7 Å². The average molecular weight is 343 g/mol. The van der Waals surface area contributed by atoms with Crippen LogP contribution in [0.1, 0.15) is 11.5 Å². The van der Waals surface area contributed by atoms with Gasteiger partial charge in [-0.1, -0.05) is 18.2 Å². The van der Waals surface area contributed by atoms with Crippen molar-refractivity contribution in [3.63, 3.8) is 0 Å². The number of hydrogen-bond acceptors (Lipinski definition) is 5. The van der Waals surface area contributed by atoms with E-state index >= 15 is 0 Å². The molecular formula is C20H17N5O. The Balaban J connectivity index is 1.61. The molecule has 0 spiro atoms. The summed E-state index contributed by atoms with van der Waals surface area (Å²) in [6.45, 7) is 1.97. The topological polar surface area (TPSA) is 68.2 Å². The van der Waals surface area contributed by atoms with Crippen LogP contribution in [0.2, 0.25) is 0 Å². The second-order valence-electron chi connectivity index (χ2n) is 5.65. The summed E-state index contributed by atoms with van der Waals surface area (Å²) in [5.74, 6) is 0.780. The Kier molecular flexibility index (Phi) is 4.30.